The summed E-state index contributed by atoms with van der Waals surface area (Å²) < 4.78 is 7.39. The summed E-state index contributed by atoms with van der Waals surface area (Å²) in [6, 6.07) is 25.2. The lowest BCUT2D eigenvalue weighted by atomic mass is 9.93. The van der Waals surface area contributed by atoms with Crippen LogP contribution in [0.25, 0.3) is 22.5 Å². The van der Waals surface area contributed by atoms with Crippen molar-refractivity contribution in [3.8, 4) is 22.5 Å². The van der Waals surface area contributed by atoms with E-state index in [1.165, 1.54) is 0 Å². The largest absolute Gasteiger partial charge is 0.465 e. The van der Waals surface area contributed by atoms with Crippen molar-refractivity contribution < 1.29 is 24.3 Å². The monoisotopic (exact) mass is 699 g/mol. The summed E-state index contributed by atoms with van der Waals surface area (Å²) >= 11 is 6.69. The number of ketones is 1. The average molecular weight is 700 g/mol. The van der Waals surface area contributed by atoms with Gasteiger partial charge in [0.05, 0.1) is 19.1 Å². The number of aromatic nitrogens is 6. The Hall–Kier alpha value is -5.43. The molecule has 5 aromatic rings. The number of imidazole rings is 1. The number of aryl methyl sites for hydroxylation is 1. The van der Waals surface area contributed by atoms with E-state index in [2.05, 4.69) is 37.4 Å². The first-order valence-corrected chi connectivity index (χ1v) is 16.9. The summed E-state index contributed by atoms with van der Waals surface area (Å²) in [5.41, 5.74) is 4.84. The molecule has 1 atom stereocenters. The van der Waals surface area contributed by atoms with Gasteiger partial charge in [0.1, 0.15) is 11.5 Å². The highest BCUT2D eigenvalue weighted by Gasteiger charge is 2.29. The first kappa shape index (κ1) is 35.9. The van der Waals surface area contributed by atoms with Crippen LogP contribution in [0.4, 0.5) is 0 Å². The maximum atomic E-state index is 14.1. The molecule has 0 fully saturated rings. The number of Topliss-reactive ketones (excluding diaryl/α,β-unsaturated/α-hetero) is 1. The molecule has 0 aliphatic carbocycles. The van der Waals surface area contributed by atoms with E-state index in [1.807, 2.05) is 83.4 Å². The molecule has 0 bridgehead atoms. The van der Waals surface area contributed by atoms with E-state index in [-0.39, 0.29) is 42.7 Å². The Bertz CT molecular complexity index is 1860. The fourth-order valence-electron chi connectivity index (χ4n) is 5.70. The molecule has 0 unspecified atom stereocenters. The number of nitrogens with zero attached hydrogens (tertiary/aromatic N) is 6. The minimum Gasteiger partial charge on any atom is -0.465 e. The summed E-state index contributed by atoms with van der Waals surface area (Å²) in [4.78, 5) is 46.7. The average Bonchev–Trinajstić information content (AvgIpc) is 3.77. The molecule has 2 heterocycles. The molecule has 2 aromatic heterocycles. The summed E-state index contributed by atoms with van der Waals surface area (Å²) in [7, 11) is 0. The number of carbonyl (C=O) groups is 2. The van der Waals surface area contributed by atoms with Crippen molar-refractivity contribution in [1.29, 1.82) is 0 Å². The molecule has 5 rings (SSSR count). The highest BCUT2D eigenvalue weighted by atomic mass is 35.5. The Morgan fingerprint density at radius 2 is 1.66 bits per heavy atom. The van der Waals surface area contributed by atoms with Crippen LogP contribution in [0.3, 0.4) is 0 Å². The maximum absolute atomic E-state index is 14.1. The van der Waals surface area contributed by atoms with Gasteiger partial charge in [0.2, 0.25) is 5.82 Å². The number of ether oxygens (including phenoxy) is 1. The standard InChI is InChI=1S/C36H38ClN7O6/c1-2-3-15-32-38-34(37)33(31(45)23-28(22-25-11-5-4-6-12-25)36(46)49-20-9-10-21-50-44(47)48)43(32)24-26-16-18-27(19-17-26)29-13-7-8-14-30(29)35-39-41-42-40-35/h4-8,11-14,16-19,28H,2-3,9-10,15,20-24H2,1H3,(H,39,40,41,42)/t28-/m1/s1. The molecule has 0 saturated carbocycles. The number of hydrogen-bond donors (Lipinski definition) is 1. The van der Waals surface area contributed by atoms with Gasteiger partial charge in [-0.15, -0.1) is 20.3 Å². The van der Waals surface area contributed by atoms with Crippen LogP contribution in [0.1, 0.15) is 66.5 Å². The number of unbranched alkanes of at least 4 members (excludes halogenated alkanes) is 2. The van der Waals surface area contributed by atoms with E-state index in [9.17, 15) is 19.7 Å². The van der Waals surface area contributed by atoms with Gasteiger partial charge in [-0.25, -0.2) is 4.98 Å². The molecule has 0 spiro atoms. The van der Waals surface area contributed by atoms with Crippen molar-refractivity contribution >= 4 is 23.4 Å². The zero-order valence-electron chi connectivity index (χ0n) is 27.7. The fraction of sp³-hybridized carbons (Fsp3) is 0.333. The van der Waals surface area contributed by atoms with Gasteiger partial charge in [-0.3, -0.25) is 9.59 Å². The third kappa shape index (κ3) is 9.59. The molecule has 0 amide bonds. The number of benzene rings is 3. The summed E-state index contributed by atoms with van der Waals surface area (Å²) in [5.74, 6) is -0.420. The highest BCUT2D eigenvalue weighted by Crippen LogP contribution is 2.31. The lowest BCUT2D eigenvalue weighted by Crippen LogP contribution is -2.25. The molecule has 0 aliphatic rings. The SMILES string of the molecule is CCCCc1nc(Cl)c(C(=O)C[C@@H](Cc2ccccc2)C(=O)OCCCCO[N+](=O)[O-])n1Cc1ccc(-c2ccccc2-c2nn[nH]n2)cc1. The quantitative estimate of drug-likeness (QED) is 0.0320. The Morgan fingerprint density at radius 1 is 0.940 bits per heavy atom. The van der Waals surface area contributed by atoms with Crippen molar-refractivity contribution in [2.24, 2.45) is 5.92 Å². The Morgan fingerprint density at radius 3 is 2.36 bits per heavy atom. The summed E-state index contributed by atoms with van der Waals surface area (Å²) in [6.45, 7) is 2.40. The molecule has 13 nitrogen and oxygen atoms in total. The third-order valence-corrected chi connectivity index (χ3v) is 8.47. The topological polar surface area (TPSA) is 168 Å². The molecular weight excluding hydrogens is 662 g/mol. The maximum Gasteiger partial charge on any atom is 0.309 e. The first-order valence-electron chi connectivity index (χ1n) is 16.5. The minimum absolute atomic E-state index is 0.0504. The van der Waals surface area contributed by atoms with E-state index in [4.69, 9.17) is 16.3 Å². The van der Waals surface area contributed by atoms with Crippen LogP contribution in [-0.4, -0.2) is 60.2 Å². The molecule has 1 N–H and O–H groups in total. The van der Waals surface area contributed by atoms with E-state index in [0.717, 1.165) is 40.7 Å². The third-order valence-electron chi connectivity index (χ3n) is 8.21. The number of nitrogens with one attached hydrogen (secondary N) is 1. The fourth-order valence-corrected chi connectivity index (χ4v) is 6.00. The van der Waals surface area contributed by atoms with Crippen molar-refractivity contribution in [2.75, 3.05) is 13.2 Å². The van der Waals surface area contributed by atoms with E-state index in [0.29, 0.717) is 37.5 Å². The lowest BCUT2D eigenvalue weighted by Gasteiger charge is -2.17. The summed E-state index contributed by atoms with van der Waals surface area (Å²) in [6.07, 6.45) is 3.31. The van der Waals surface area contributed by atoms with Gasteiger partial charge >= 0.3 is 5.97 Å². The van der Waals surface area contributed by atoms with Crippen molar-refractivity contribution in [2.45, 2.75) is 58.4 Å². The number of carbonyl (C=O) groups excluding carboxylic acids is 2. The van der Waals surface area contributed by atoms with Crippen molar-refractivity contribution in [3.05, 3.63) is 117 Å². The zero-order valence-corrected chi connectivity index (χ0v) is 28.4. The van der Waals surface area contributed by atoms with Crippen LogP contribution in [0.15, 0.2) is 78.9 Å². The smallest absolute Gasteiger partial charge is 0.309 e. The zero-order chi connectivity index (χ0) is 35.3. The number of esters is 1. The van der Waals surface area contributed by atoms with Crippen LogP contribution >= 0.6 is 11.6 Å². The number of hydrogen-bond acceptors (Lipinski definition) is 10. The predicted octanol–water partition coefficient (Wildman–Crippen LogP) is 6.74. The van der Waals surface area contributed by atoms with Crippen molar-refractivity contribution in [3.63, 3.8) is 0 Å². The lowest BCUT2D eigenvalue weighted by molar-refractivity contribution is -0.757. The number of aromatic amines is 1. The number of H-pyrrole nitrogens is 1. The predicted molar refractivity (Wildman–Crippen MR) is 186 cm³/mol. The Kier molecular flexibility index (Phi) is 12.8. The van der Waals surface area contributed by atoms with E-state index >= 15 is 0 Å². The molecule has 0 radical (unpaired) electrons. The van der Waals surface area contributed by atoms with Crippen molar-refractivity contribution in [1.82, 2.24) is 30.2 Å². The van der Waals surface area contributed by atoms with Gasteiger partial charge in [-0.05, 0) is 53.2 Å². The van der Waals surface area contributed by atoms with Gasteiger partial charge in [0.15, 0.2) is 10.9 Å². The van der Waals surface area contributed by atoms with E-state index in [1.54, 1.807) is 0 Å². The Balaban J connectivity index is 1.36. The van der Waals surface area contributed by atoms with Gasteiger partial charge in [0, 0.05) is 24.9 Å². The number of rotatable bonds is 19. The van der Waals surface area contributed by atoms with Gasteiger partial charge in [-0.2, -0.15) is 5.21 Å². The minimum atomic E-state index is -0.856. The molecule has 260 valence electrons. The molecule has 14 heteroatoms. The van der Waals surface area contributed by atoms with Gasteiger partial charge in [0.25, 0.3) is 5.09 Å². The second-order valence-electron chi connectivity index (χ2n) is 11.8. The van der Waals surface area contributed by atoms with E-state index < -0.39 is 17.0 Å². The highest BCUT2D eigenvalue weighted by molar-refractivity contribution is 6.32. The van der Waals surface area contributed by atoms with Crippen LogP contribution < -0.4 is 0 Å². The normalized spacial score (nSPS) is 11.6. The van der Waals surface area contributed by atoms with Gasteiger partial charge in [-0.1, -0.05) is 104 Å². The first-order chi connectivity index (χ1) is 24.3. The number of tetrazole rings is 1. The van der Waals surface area contributed by atoms with Crippen LogP contribution in [0, 0.1) is 16.0 Å². The summed E-state index contributed by atoms with van der Waals surface area (Å²) in [5, 5.41) is 24.1. The van der Waals surface area contributed by atoms with Crippen LogP contribution in [-0.2, 0) is 33.8 Å². The van der Waals surface area contributed by atoms with Gasteiger partial charge < -0.3 is 14.1 Å². The Labute approximate surface area is 294 Å². The molecule has 0 saturated heterocycles. The second kappa shape index (κ2) is 17.8. The second-order valence-corrected chi connectivity index (χ2v) is 12.1. The molecule has 0 aliphatic heterocycles. The van der Waals surface area contributed by atoms with Crippen LogP contribution in [0.2, 0.25) is 5.15 Å². The molecular formula is C36H38ClN7O6. The van der Waals surface area contributed by atoms with Crippen LogP contribution in [0.5, 0.6) is 0 Å². The molecule has 50 heavy (non-hydrogen) atoms. The number of halogens is 1. The molecule has 3 aromatic carbocycles.